The van der Waals surface area contributed by atoms with Gasteiger partial charge in [-0.15, -0.1) is 0 Å². The highest BCUT2D eigenvalue weighted by Gasteiger charge is 2.95. The molecule has 222 valence electrons. The molecule has 1 nitrogen and oxygen atoms in total. The number of hydrogen-bond donors (Lipinski definition) is 1. The van der Waals surface area contributed by atoms with E-state index in [0.29, 0.717) is 0 Å². The first-order valence-corrected chi connectivity index (χ1v) is 9.84. The van der Waals surface area contributed by atoms with Gasteiger partial charge in [-0.25, -0.2) is 0 Å². The molecule has 0 aliphatic rings. The first kappa shape index (κ1) is 34.0. The van der Waals surface area contributed by atoms with Gasteiger partial charge in [-0.1, -0.05) is 45.0 Å². The van der Waals surface area contributed by atoms with Crippen molar-refractivity contribution in [3.05, 3.63) is 35.4 Å². The van der Waals surface area contributed by atoms with Gasteiger partial charge in [0.1, 0.15) is 0 Å². The molecule has 0 amide bonds. The highest BCUT2D eigenvalue weighted by atomic mass is 19.4. The lowest BCUT2D eigenvalue weighted by molar-refractivity contribution is -0.462. The summed E-state index contributed by atoms with van der Waals surface area (Å²) in [6.07, 6.45) is -13.6. The summed E-state index contributed by atoms with van der Waals surface area (Å²) in [4.78, 5) is 0. The zero-order chi connectivity index (χ0) is 30.8. The summed E-state index contributed by atoms with van der Waals surface area (Å²) in [5.74, 6) is -56.9. The van der Waals surface area contributed by atoms with Crippen LogP contribution in [0.2, 0.25) is 0 Å². The minimum atomic E-state index is -8.68. The molecule has 0 aliphatic carbocycles. The smallest absolute Gasteiger partial charge is 0.388 e. The van der Waals surface area contributed by atoms with Gasteiger partial charge in [0.15, 0.2) is 0 Å². The van der Waals surface area contributed by atoms with E-state index >= 15 is 0 Å². The molecule has 0 heterocycles. The first-order valence-electron chi connectivity index (χ1n) is 9.84. The molecule has 0 aliphatic heterocycles. The molecule has 0 bridgehead atoms. The Balaban J connectivity index is 3.55. The van der Waals surface area contributed by atoms with Crippen LogP contribution in [-0.4, -0.2) is 52.7 Å². The molecule has 0 radical (unpaired) electrons. The van der Waals surface area contributed by atoms with Crippen molar-refractivity contribution in [3.8, 4) is 0 Å². The van der Waals surface area contributed by atoms with Gasteiger partial charge in [-0.05, 0) is 16.5 Å². The van der Waals surface area contributed by atoms with E-state index in [0.717, 1.165) is 18.2 Å². The predicted octanol–water partition coefficient (Wildman–Crippen LogP) is 8.42. The Morgan fingerprint density at radius 3 is 1.32 bits per heavy atom. The van der Waals surface area contributed by atoms with Crippen LogP contribution < -0.4 is 0 Å². The molecule has 1 aromatic carbocycles. The molecule has 1 N–H and O–H groups in total. The third-order valence-electron chi connectivity index (χ3n) is 5.37. The number of alkyl halides is 17. The van der Waals surface area contributed by atoms with Gasteiger partial charge in [0.2, 0.25) is 0 Å². The highest BCUT2D eigenvalue weighted by molar-refractivity contribution is 5.30. The number of aliphatic hydroxyl groups is 1. The fraction of sp³-hybridized carbons (Fsp3) is 0.700. The second-order valence-electron chi connectivity index (χ2n) is 9.24. The minimum absolute atomic E-state index is 0.230. The monoisotopic (exact) mass is 596 g/mol. The van der Waals surface area contributed by atoms with E-state index in [1.54, 1.807) is 0 Å². The molecule has 1 atom stereocenters. The number of aliphatic hydroxyl groups excluding tert-OH is 1. The maximum absolute atomic E-state index is 14.1. The summed E-state index contributed by atoms with van der Waals surface area (Å²) in [5.41, 5.74) is -1.26. The van der Waals surface area contributed by atoms with Crippen molar-refractivity contribution in [3.63, 3.8) is 0 Å². The molecule has 1 unspecified atom stereocenters. The molecule has 38 heavy (non-hydrogen) atoms. The fourth-order valence-electron chi connectivity index (χ4n) is 2.90. The highest BCUT2D eigenvalue weighted by Crippen LogP contribution is 2.64. The van der Waals surface area contributed by atoms with Gasteiger partial charge >= 0.3 is 47.6 Å². The Labute approximate surface area is 202 Å². The maximum Gasteiger partial charge on any atom is 0.460 e. The van der Waals surface area contributed by atoms with E-state index in [-0.39, 0.29) is 5.56 Å². The lowest BCUT2D eigenvalue weighted by Crippen LogP contribution is -2.74. The van der Waals surface area contributed by atoms with Gasteiger partial charge in [0, 0.05) is 6.42 Å². The van der Waals surface area contributed by atoms with Crippen LogP contribution in [0.15, 0.2) is 24.3 Å². The summed E-state index contributed by atoms with van der Waals surface area (Å²) in [6.45, 7) is 4.59. The van der Waals surface area contributed by atoms with Crippen molar-refractivity contribution < 1.29 is 79.7 Å². The van der Waals surface area contributed by atoms with Gasteiger partial charge in [0.05, 0.1) is 6.10 Å². The molecule has 0 fully saturated rings. The molecule has 1 rings (SSSR count). The van der Waals surface area contributed by atoms with Crippen LogP contribution in [0.25, 0.3) is 0 Å². The second kappa shape index (κ2) is 9.28. The molecule has 0 saturated carbocycles. The number of rotatable bonds is 9. The Kier molecular flexibility index (Phi) is 8.31. The summed E-state index contributed by atoms with van der Waals surface area (Å²) >= 11 is 0. The Morgan fingerprint density at radius 2 is 0.947 bits per heavy atom. The summed E-state index contributed by atoms with van der Waals surface area (Å²) in [6, 6.07) is 4.05. The maximum atomic E-state index is 14.1. The Bertz CT molecular complexity index is 988. The molecule has 1 aromatic rings. The fourth-order valence-corrected chi connectivity index (χ4v) is 2.90. The molecule has 18 heteroatoms. The van der Waals surface area contributed by atoms with E-state index in [1.165, 1.54) is 26.8 Å². The molecule has 0 aromatic heterocycles. The average Bonchev–Trinajstić information content (AvgIpc) is 2.71. The Hall–Kier alpha value is -2.01. The van der Waals surface area contributed by atoms with Gasteiger partial charge < -0.3 is 5.11 Å². The summed E-state index contributed by atoms with van der Waals surface area (Å²) in [5, 5.41) is 9.83. The summed E-state index contributed by atoms with van der Waals surface area (Å²) in [7, 11) is 0. The minimum Gasteiger partial charge on any atom is -0.388 e. The van der Waals surface area contributed by atoms with Crippen LogP contribution in [0.5, 0.6) is 0 Å². The van der Waals surface area contributed by atoms with E-state index < -0.39 is 71.1 Å². The van der Waals surface area contributed by atoms with Crippen LogP contribution in [0, 0.1) is 0 Å². The van der Waals surface area contributed by atoms with Crippen LogP contribution in [0.4, 0.5) is 74.6 Å². The Morgan fingerprint density at radius 1 is 0.579 bits per heavy atom. The third-order valence-corrected chi connectivity index (χ3v) is 5.37. The van der Waals surface area contributed by atoms with Crippen LogP contribution in [0.1, 0.15) is 44.4 Å². The zero-order valence-corrected chi connectivity index (χ0v) is 19.0. The SMILES string of the molecule is CC(C)(C)c1cccc(C(O)CC(F)(F)C(F)(F)C(F)(F)C(F)(F)C(F)(F)C(F)(F)C(F)(F)C(F)(F)F)c1. The second-order valence-corrected chi connectivity index (χ2v) is 9.24. The quantitative estimate of drug-likeness (QED) is 0.284. The van der Waals surface area contributed by atoms with Crippen LogP contribution >= 0.6 is 0 Å². The van der Waals surface area contributed by atoms with Crippen LogP contribution in [0.3, 0.4) is 0 Å². The van der Waals surface area contributed by atoms with Crippen LogP contribution in [-0.2, 0) is 5.41 Å². The van der Waals surface area contributed by atoms with E-state index in [9.17, 15) is 79.7 Å². The van der Waals surface area contributed by atoms with E-state index in [2.05, 4.69) is 0 Å². The zero-order valence-electron chi connectivity index (χ0n) is 19.0. The van der Waals surface area contributed by atoms with Crippen molar-refractivity contribution in [2.24, 2.45) is 0 Å². The molecular formula is C20H17F17O. The average molecular weight is 596 g/mol. The standard InChI is InChI=1S/C20H17F17O/c1-12(2,3)10-6-4-5-9(7-10)11(38)8-13(21,22)14(23,24)15(25,26)16(27,28)17(29,30)18(31,32)19(33,34)20(35,36)37/h4-7,11,38H,8H2,1-3H3. The largest absolute Gasteiger partial charge is 0.460 e. The topological polar surface area (TPSA) is 20.2 Å². The van der Waals surface area contributed by atoms with Crippen molar-refractivity contribution in [2.75, 3.05) is 0 Å². The van der Waals surface area contributed by atoms with Gasteiger partial charge in [-0.2, -0.15) is 74.6 Å². The van der Waals surface area contributed by atoms with Crippen molar-refractivity contribution >= 4 is 0 Å². The molecular weight excluding hydrogens is 579 g/mol. The lowest BCUT2D eigenvalue weighted by Gasteiger charge is -2.43. The van der Waals surface area contributed by atoms with Gasteiger partial charge in [0.25, 0.3) is 0 Å². The number of hydrogen-bond acceptors (Lipinski definition) is 1. The van der Waals surface area contributed by atoms with Crippen molar-refractivity contribution in [1.29, 1.82) is 0 Å². The summed E-state index contributed by atoms with van der Waals surface area (Å²) < 4.78 is 227. The third kappa shape index (κ3) is 5.00. The van der Waals surface area contributed by atoms with E-state index in [4.69, 9.17) is 0 Å². The number of benzene rings is 1. The molecule has 0 saturated heterocycles. The van der Waals surface area contributed by atoms with Gasteiger partial charge in [-0.3, -0.25) is 0 Å². The lowest BCUT2D eigenvalue weighted by atomic mass is 9.84. The van der Waals surface area contributed by atoms with Crippen molar-refractivity contribution in [2.45, 2.75) is 86.3 Å². The van der Waals surface area contributed by atoms with Crippen molar-refractivity contribution in [1.82, 2.24) is 0 Å². The predicted molar refractivity (Wildman–Crippen MR) is 95.4 cm³/mol. The molecule has 0 spiro atoms. The number of halogens is 17. The first-order chi connectivity index (χ1) is 16.3. The normalized spacial score (nSPS) is 16.6. The van der Waals surface area contributed by atoms with E-state index in [1.807, 2.05) is 0 Å².